The van der Waals surface area contributed by atoms with E-state index in [2.05, 4.69) is 42.5 Å². The molecule has 0 saturated carbocycles. The normalized spacial score (nSPS) is 18.6. The number of nitrogens with two attached hydrogens (primary N) is 1. The molecule has 0 aromatic carbocycles. The standard InChI is InChI=1S/C36H60N10O13S/c1-19(2)13-20(14-27(49)46-59)33(55)42-22(10-11-30(52)53)35(57)43-23(17-47)34(56)40-15-28(50)39-16-29(51)41-21(32(37)54)7-5-6-12-38-26(48)9-4-3-8-25-31-24(18-60-25)44-36(58)45-31/h19-25,31,47,59H,3-18H2,1-2H3,(H2,37,54)(H,38,48)(H,39,50)(H,40,56)(H,41,51)(H,42,55)(H,43,57)(H,46,49)(H,52,53)(H2,44,45,58)/t20?,21-,22-,23-,24-,25-,31-/m0/s1. The lowest BCUT2D eigenvalue weighted by Crippen LogP contribution is -2.56. The molecular formula is C36H60N10O13S. The summed E-state index contributed by atoms with van der Waals surface area (Å²) in [4.78, 5) is 122. The molecule has 1 unspecified atom stereocenters. The molecular weight excluding hydrogens is 813 g/mol. The molecule has 7 atom stereocenters. The van der Waals surface area contributed by atoms with Crippen LogP contribution in [0, 0.1) is 11.8 Å². The van der Waals surface area contributed by atoms with Crippen LogP contribution in [0.3, 0.4) is 0 Å². The fourth-order valence-electron chi connectivity index (χ4n) is 6.54. The van der Waals surface area contributed by atoms with Crippen molar-refractivity contribution >= 4 is 71.0 Å². The zero-order valence-electron chi connectivity index (χ0n) is 33.8. The zero-order chi connectivity index (χ0) is 44.8. The molecule has 0 bridgehead atoms. The minimum atomic E-state index is -1.65. The van der Waals surface area contributed by atoms with Crippen LogP contribution in [0.15, 0.2) is 0 Å². The molecule has 0 radical (unpaired) electrons. The van der Waals surface area contributed by atoms with Gasteiger partial charge in [0.1, 0.15) is 18.1 Å². The maximum atomic E-state index is 13.1. The third kappa shape index (κ3) is 19.2. The van der Waals surface area contributed by atoms with Gasteiger partial charge in [-0.25, -0.2) is 10.3 Å². The van der Waals surface area contributed by atoms with E-state index in [9.17, 15) is 53.1 Å². The third-order valence-corrected chi connectivity index (χ3v) is 11.2. The Labute approximate surface area is 351 Å². The van der Waals surface area contributed by atoms with Crippen LogP contribution in [0.25, 0.3) is 0 Å². The molecule has 2 aliphatic rings. The number of urea groups is 1. The Balaban J connectivity index is 1.71. The fourth-order valence-corrected chi connectivity index (χ4v) is 8.08. The average molecular weight is 873 g/mol. The number of thioether (sulfide) groups is 1. The number of aliphatic hydroxyl groups is 1. The Morgan fingerprint density at radius 1 is 0.767 bits per heavy atom. The van der Waals surface area contributed by atoms with Crippen molar-refractivity contribution < 1.29 is 63.4 Å². The smallest absolute Gasteiger partial charge is 0.315 e. The van der Waals surface area contributed by atoms with E-state index in [1.165, 1.54) is 5.48 Å². The Bertz CT molecular complexity index is 1540. The molecule has 10 amide bonds. The van der Waals surface area contributed by atoms with Crippen molar-refractivity contribution in [3.63, 3.8) is 0 Å². The van der Waals surface area contributed by atoms with Gasteiger partial charge in [0.25, 0.3) is 0 Å². The molecule has 2 fully saturated rings. The monoisotopic (exact) mass is 872 g/mol. The highest BCUT2D eigenvalue weighted by molar-refractivity contribution is 8.00. The molecule has 0 spiro atoms. The number of nitrogens with one attached hydrogen (secondary N) is 9. The largest absolute Gasteiger partial charge is 0.481 e. The van der Waals surface area contributed by atoms with Gasteiger partial charge in [0.15, 0.2) is 0 Å². The number of fused-ring (bicyclic) bond motifs is 1. The molecule has 0 aromatic heterocycles. The van der Waals surface area contributed by atoms with E-state index in [-0.39, 0.29) is 42.8 Å². The predicted molar refractivity (Wildman–Crippen MR) is 213 cm³/mol. The Hall–Kier alpha value is -5.23. The first-order chi connectivity index (χ1) is 28.4. The van der Waals surface area contributed by atoms with Crippen molar-refractivity contribution in [2.75, 3.05) is 32.0 Å². The van der Waals surface area contributed by atoms with E-state index in [0.717, 1.165) is 18.6 Å². The van der Waals surface area contributed by atoms with Gasteiger partial charge in [-0.3, -0.25) is 48.4 Å². The zero-order valence-corrected chi connectivity index (χ0v) is 34.7. The van der Waals surface area contributed by atoms with Gasteiger partial charge in [0, 0.05) is 42.7 Å². The first kappa shape index (κ1) is 50.9. The Morgan fingerprint density at radius 3 is 2.12 bits per heavy atom. The number of hydrogen-bond acceptors (Lipinski definition) is 13. The SMILES string of the molecule is CC(C)CC(CC(=O)NO)C(=O)N[C@@H](CCC(=O)O)C(=O)N[C@@H](CO)C(=O)NCC(=O)NCC(=O)N[C@@H](CCCCNC(=O)CCCC[C@@H]1SC[C@@H]2NC(=O)N[C@@H]21)C(N)=O. The molecule has 0 aliphatic carbocycles. The van der Waals surface area contributed by atoms with E-state index in [4.69, 9.17) is 16.0 Å². The van der Waals surface area contributed by atoms with Gasteiger partial charge in [0.2, 0.25) is 47.3 Å². The molecule has 2 heterocycles. The van der Waals surface area contributed by atoms with Crippen LogP contribution < -0.4 is 53.7 Å². The number of aliphatic hydroxyl groups excluding tert-OH is 1. The minimum absolute atomic E-state index is 0.0802. The summed E-state index contributed by atoms with van der Waals surface area (Å²) in [5.74, 6) is -7.74. The highest BCUT2D eigenvalue weighted by atomic mass is 32.2. The average Bonchev–Trinajstić information content (AvgIpc) is 3.75. The van der Waals surface area contributed by atoms with Crippen LogP contribution in [-0.4, -0.2) is 142 Å². The molecule has 2 aliphatic heterocycles. The number of rotatable bonds is 29. The minimum Gasteiger partial charge on any atom is -0.481 e. The number of amides is 10. The van der Waals surface area contributed by atoms with Gasteiger partial charge in [0.05, 0.1) is 31.8 Å². The van der Waals surface area contributed by atoms with E-state index in [1.807, 2.05) is 11.8 Å². The number of carbonyl (C=O) groups excluding carboxylic acids is 9. The molecule has 338 valence electrons. The number of hydrogen-bond donors (Lipinski definition) is 13. The van der Waals surface area contributed by atoms with Crippen molar-refractivity contribution in [3.8, 4) is 0 Å². The predicted octanol–water partition coefficient (Wildman–Crippen LogP) is -3.41. The van der Waals surface area contributed by atoms with Crippen molar-refractivity contribution in [3.05, 3.63) is 0 Å². The van der Waals surface area contributed by atoms with Crippen LogP contribution in [0.4, 0.5) is 4.79 Å². The van der Waals surface area contributed by atoms with E-state index < -0.39 is 110 Å². The Morgan fingerprint density at radius 2 is 1.47 bits per heavy atom. The summed E-state index contributed by atoms with van der Waals surface area (Å²) in [5.41, 5.74) is 6.86. The summed E-state index contributed by atoms with van der Waals surface area (Å²) in [6.07, 6.45) is 2.69. The summed E-state index contributed by atoms with van der Waals surface area (Å²) < 4.78 is 0. The lowest BCUT2D eigenvalue weighted by molar-refractivity contribution is -0.139. The first-order valence-corrected chi connectivity index (χ1v) is 20.9. The first-order valence-electron chi connectivity index (χ1n) is 19.9. The van der Waals surface area contributed by atoms with Crippen LogP contribution in [-0.2, 0) is 43.2 Å². The maximum Gasteiger partial charge on any atom is 0.315 e. The van der Waals surface area contributed by atoms with Gasteiger partial charge < -0.3 is 58.5 Å². The topological polar surface area (TPSA) is 366 Å². The van der Waals surface area contributed by atoms with Crippen molar-refractivity contribution in [1.29, 1.82) is 0 Å². The number of carboxylic acid groups (broad SMARTS) is 1. The molecule has 2 saturated heterocycles. The molecule has 0 aromatic rings. The van der Waals surface area contributed by atoms with Gasteiger partial charge >= 0.3 is 12.0 Å². The van der Waals surface area contributed by atoms with Crippen molar-refractivity contribution in [2.24, 2.45) is 17.6 Å². The number of primary amides is 1. The molecule has 2 rings (SSSR count). The third-order valence-electron chi connectivity index (χ3n) is 9.65. The molecule has 60 heavy (non-hydrogen) atoms. The number of aliphatic carboxylic acids is 1. The highest BCUT2D eigenvalue weighted by Crippen LogP contribution is 2.33. The summed E-state index contributed by atoms with van der Waals surface area (Å²) in [7, 11) is 0. The maximum absolute atomic E-state index is 13.1. The highest BCUT2D eigenvalue weighted by Gasteiger charge is 2.42. The second-order valence-corrected chi connectivity index (χ2v) is 16.3. The number of unbranched alkanes of at least 4 members (excludes halogenated alkanes) is 2. The number of carbonyl (C=O) groups is 10. The number of carboxylic acids is 1. The van der Waals surface area contributed by atoms with Crippen LogP contribution in [0.1, 0.15) is 84.5 Å². The summed E-state index contributed by atoms with van der Waals surface area (Å²) in [5, 5.41) is 48.2. The van der Waals surface area contributed by atoms with Gasteiger partial charge in [-0.1, -0.05) is 20.3 Å². The molecule has 24 heteroatoms. The van der Waals surface area contributed by atoms with E-state index in [1.54, 1.807) is 13.8 Å². The van der Waals surface area contributed by atoms with E-state index in [0.29, 0.717) is 37.5 Å². The van der Waals surface area contributed by atoms with Crippen LogP contribution in [0.2, 0.25) is 0 Å². The van der Waals surface area contributed by atoms with E-state index >= 15 is 0 Å². The van der Waals surface area contributed by atoms with Crippen molar-refractivity contribution in [1.82, 2.24) is 48.0 Å². The summed E-state index contributed by atoms with van der Waals surface area (Å²) >= 11 is 1.82. The van der Waals surface area contributed by atoms with Gasteiger partial charge in [-0.05, 0) is 50.9 Å². The summed E-state index contributed by atoms with van der Waals surface area (Å²) in [6.45, 7) is 1.64. The van der Waals surface area contributed by atoms with Gasteiger partial charge in [-0.15, -0.1) is 0 Å². The molecule has 14 N–H and O–H groups in total. The lowest BCUT2D eigenvalue weighted by Gasteiger charge is -2.24. The van der Waals surface area contributed by atoms with Crippen LogP contribution >= 0.6 is 11.8 Å². The Kier molecular flexibility index (Phi) is 22.7. The lowest BCUT2D eigenvalue weighted by atomic mass is 9.92. The van der Waals surface area contributed by atoms with Crippen molar-refractivity contribution in [2.45, 2.75) is 120 Å². The quantitative estimate of drug-likeness (QED) is 0.0151. The molecule has 23 nitrogen and oxygen atoms in total. The van der Waals surface area contributed by atoms with Crippen LogP contribution in [0.5, 0.6) is 0 Å². The van der Waals surface area contributed by atoms with Gasteiger partial charge in [-0.2, -0.15) is 11.8 Å². The second-order valence-electron chi connectivity index (χ2n) is 15.0. The second kappa shape index (κ2) is 26.8. The summed E-state index contributed by atoms with van der Waals surface area (Å²) in [6, 6.07) is -4.06. The fraction of sp³-hybridized carbons (Fsp3) is 0.722. The number of hydroxylamine groups is 1.